The van der Waals surface area contributed by atoms with E-state index in [2.05, 4.69) is 14.9 Å². The Labute approximate surface area is 137 Å². The van der Waals surface area contributed by atoms with Gasteiger partial charge < -0.3 is 9.64 Å². The average Bonchev–Trinajstić information content (AvgIpc) is 2.62. The van der Waals surface area contributed by atoms with E-state index in [0.29, 0.717) is 12.5 Å². The summed E-state index contributed by atoms with van der Waals surface area (Å²) in [6, 6.07) is 0. The smallest absolute Gasteiger partial charge is 0.409 e. The second-order valence-corrected chi connectivity index (χ2v) is 6.54. The predicted octanol–water partition coefficient (Wildman–Crippen LogP) is 2.31. The van der Waals surface area contributed by atoms with Crippen LogP contribution in [-0.4, -0.2) is 58.6 Å². The minimum Gasteiger partial charge on any atom is -0.449 e. The van der Waals surface area contributed by atoms with Crippen molar-refractivity contribution >= 4 is 6.09 Å². The Morgan fingerprint density at radius 3 is 2.61 bits per heavy atom. The van der Waals surface area contributed by atoms with Gasteiger partial charge in [-0.3, -0.25) is 14.9 Å². The second-order valence-electron chi connectivity index (χ2n) is 6.54. The van der Waals surface area contributed by atoms with E-state index in [9.17, 15) is 4.79 Å². The number of piperazine rings is 1. The molecule has 2 heterocycles. The van der Waals surface area contributed by atoms with Gasteiger partial charge in [0.15, 0.2) is 0 Å². The molecular weight excluding hydrogens is 292 g/mol. The van der Waals surface area contributed by atoms with Crippen molar-refractivity contribution in [3.05, 3.63) is 24.3 Å². The maximum absolute atomic E-state index is 12.2. The van der Waals surface area contributed by atoms with E-state index in [1.54, 1.807) is 18.6 Å². The molecule has 23 heavy (non-hydrogen) atoms. The Morgan fingerprint density at radius 2 is 1.91 bits per heavy atom. The quantitative estimate of drug-likeness (QED) is 0.852. The molecule has 2 aliphatic rings. The van der Waals surface area contributed by atoms with Crippen molar-refractivity contribution in [2.24, 2.45) is 5.92 Å². The van der Waals surface area contributed by atoms with Crippen LogP contribution in [-0.2, 0) is 11.3 Å². The first-order valence-electron chi connectivity index (χ1n) is 8.70. The lowest BCUT2D eigenvalue weighted by atomic mass is 9.90. The van der Waals surface area contributed by atoms with Gasteiger partial charge in [-0.2, -0.15) is 0 Å². The van der Waals surface area contributed by atoms with E-state index in [1.165, 1.54) is 32.1 Å². The topological polar surface area (TPSA) is 58.6 Å². The van der Waals surface area contributed by atoms with Crippen LogP contribution in [0, 0.1) is 5.92 Å². The molecule has 1 aliphatic carbocycles. The first-order valence-corrected chi connectivity index (χ1v) is 8.70. The van der Waals surface area contributed by atoms with E-state index in [0.717, 1.165) is 38.4 Å². The lowest BCUT2D eigenvalue weighted by molar-refractivity contribution is 0.0595. The van der Waals surface area contributed by atoms with Gasteiger partial charge in [-0.1, -0.05) is 19.3 Å². The largest absolute Gasteiger partial charge is 0.449 e. The summed E-state index contributed by atoms with van der Waals surface area (Å²) in [6.45, 7) is 4.55. The summed E-state index contributed by atoms with van der Waals surface area (Å²) in [4.78, 5) is 24.7. The fraction of sp³-hybridized carbons (Fsp3) is 0.706. The van der Waals surface area contributed by atoms with Gasteiger partial charge in [0.25, 0.3) is 0 Å². The van der Waals surface area contributed by atoms with E-state index in [4.69, 9.17) is 4.74 Å². The van der Waals surface area contributed by atoms with Gasteiger partial charge in [-0.15, -0.1) is 0 Å². The molecule has 2 fully saturated rings. The number of nitrogens with zero attached hydrogens (tertiary/aromatic N) is 4. The number of aromatic nitrogens is 2. The molecule has 0 radical (unpaired) electrons. The highest BCUT2D eigenvalue weighted by molar-refractivity contribution is 5.67. The van der Waals surface area contributed by atoms with E-state index < -0.39 is 0 Å². The summed E-state index contributed by atoms with van der Waals surface area (Å²) in [6.07, 6.45) is 11.4. The Kier molecular flexibility index (Phi) is 5.80. The summed E-state index contributed by atoms with van der Waals surface area (Å²) in [5, 5.41) is 0. The molecule has 1 saturated carbocycles. The highest BCUT2D eigenvalue weighted by Gasteiger charge is 2.23. The molecule has 1 amide bonds. The Balaban J connectivity index is 1.37. The Hall–Kier alpha value is -1.69. The summed E-state index contributed by atoms with van der Waals surface area (Å²) in [5.41, 5.74) is 0.973. The maximum atomic E-state index is 12.2. The molecule has 6 heteroatoms. The van der Waals surface area contributed by atoms with Gasteiger partial charge in [0.05, 0.1) is 12.3 Å². The fourth-order valence-corrected chi connectivity index (χ4v) is 3.36. The summed E-state index contributed by atoms with van der Waals surface area (Å²) < 4.78 is 5.52. The minimum atomic E-state index is -0.144. The molecule has 0 spiro atoms. The Morgan fingerprint density at radius 1 is 1.13 bits per heavy atom. The van der Waals surface area contributed by atoms with Gasteiger partial charge >= 0.3 is 6.09 Å². The van der Waals surface area contributed by atoms with E-state index in [-0.39, 0.29) is 6.09 Å². The zero-order valence-electron chi connectivity index (χ0n) is 13.7. The predicted molar refractivity (Wildman–Crippen MR) is 86.8 cm³/mol. The van der Waals surface area contributed by atoms with Crippen molar-refractivity contribution in [2.75, 3.05) is 32.8 Å². The van der Waals surface area contributed by atoms with Crippen molar-refractivity contribution in [1.82, 2.24) is 19.8 Å². The molecule has 3 rings (SSSR count). The van der Waals surface area contributed by atoms with Crippen molar-refractivity contribution in [1.29, 1.82) is 0 Å². The van der Waals surface area contributed by atoms with Crippen LogP contribution < -0.4 is 0 Å². The first kappa shape index (κ1) is 16.2. The molecule has 1 aliphatic heterocycles. The van der Waals surface area contributed by atoms with Crippen LogP contribution in [0.15, 0.2) is 18.6 Å². The molecule has 1 saturated heterocycles. The SMILES string of the molecule is O=C(OCC1CCCCC1)N1CCN(Cc2cnccn2)CC1. The molecule has 0 unspecified atom stereocenters. The van der Waals surface area contributed by atoms with Crippen LogP contribution >= 0.6 is 0 Å². The van der Waals surface area contributed by atoms with Gasteiger partial charge in [0.1, 0.15) is 0 Å². The number of amides is 1. The summed E-state index contributed by atoms with van der Waals surface area (Å²) in [5.74, 6) is 0.575. The third-order valence-electron chi connectivity index (χ3n) is 4.80. The van der Waals surface area contributed by atoms with Crippen LogP contribution in [0.2, 0.25) is 0 Å². The zero-order valence-corrected chi connectivity index (χ0v) is 13.7. The van der Waals surface area contributed by atoms with E-state index >= 15 is 0 Å². The van der Waals surface area contributed by atoms with Gasteiger partial charge in [-0.25, -0.2) is 4.79 Å². The maximum Gasteiger partial charge on any atom is 0.409 e. The summed E-state index contributed by atoms with van der Waals surface area (Å²) in [7, 11) is 0. The molecule has 6 nitrogen and oxygen atoms in total. The Bertz CT molecular complexity index is 483. The number of carbonyl (C=O) groups excluding carboxylic acids is 1. The van der Waals surface area contributed by atoms with Crippen molar-refractivity contribution in [3.63, 3.8) is 0 Å². The van der Waals surface area contributed by atoms with Gasteiger partial charge in [0.2, 0.25) is 0 Å². The zero-order chi connectivity index (χ0) is 15.9. The highest BCUT2D eigenvalue weighted by Crippen LogP contribution is 2.23. The van der Waals surface area contributed by atoms with Gasteiger partial charge in [0, 0.05) is 51.3 Å². The van der Waals surface area contributed by atoms with Crippen LogP contribution in [0.5, 0.6) is 0 Å². The van der Waals surface area contributed by atoms with Crippen molar-refractivity contribution in [2.45, 2.75) is 38.6 Å². The van der Waals surface area contributed by atoms with Crippen LogP contribution in [0.4, 0.5) is 4.79 Å². The number of ether oxygens (including phenoxy) is 1. The lowest BCUT2D eigenvalue weighted by Gasteiger charge is -2.34. The van der Waals surface area contributed by atoms with Crippen LogP contribution in [0.25, 0.3) is 0 Å². The normalized spacial score (nSPS) is 20.4. The minimum absolute atomic E-state index is 0.144. The molecule has 1 aromatic heterocycles. The highest BCUT2D eigenvalue weighted by atomic mass is 16.6. The molecule has 0 aromatic carbocycles. The van der Waals surface area contributed by atoms with Crippen LogP contribution in [0.3, 0.4) is 0 Å². The molecule has 0 N–H and O–H groups in total. The lowest BCUT2D eigenvalue weighted by Crippen LogP contribution is -2.48. The van der Waals surface area contributed by atoms with Crippen molar-refractivity contribution in [3.8, 4) is 0 Å². The van der Waals surface area contributed by atoms with Crippen molar-refractivity contribution < 1.29 is 9.53 Å². The van der Waals surface area contributed by atoms with E-state index in [1.807, 2.05) is 4.90 Å². The number of rotatable bonds is 4. The standard InChI is InChI=1S/C17H26N4O2/c22-17(23-14-15-4-2-1-3-5-15)21-10-8-20(9-11-21)13-16-12-18-6-7-19-16/h6-7,12,15H,1-5,8-11,13-14H2. The average molecular weight is 318 g/mol. The third-order valence-corrected chi connectivity index (χ3v) is 4.80. The molecule has 126 valence electrons. The third kappa shape index (κ3) is 4.89. The molecule has 0 atom stereocenters. The molecule has 1 aromatic rings. The monoisotopic (exact) mass is 318 g/mol. The first-order chi connectivity index (χ1) is 11.3. The van der Waals surface area contributed by atoms with Gasteiger partial charge in [-0.05, 0) is 18.8 Å². The molecule has 0 bridgehead atoms. The number of carbonyl (C=O) groups is 1. The number of hydrogen-bond acceptors (Lipinski definition) is 5. The number of hydrogen-bond donors (Lipinski definition) is 0. The molecular formula is C17H26N4O2. The van der Waals surface area contributed by atoms with Crippen LogP contribution in [0.1, 0.15) is 37.8 Å². The summed E-state index contributed by atoms with van der Waals surface area (Å²) >= 11 is 0. The fourth-order valence-electron chi connectivity index (χ4n) is 3.36. The second kappa shape index (κ2) is 8.24.